The summed E-state index contributed by atoms with van der Waals surface area (Å²) in [4.78, 5) is 11.3. The summed E-state index contributed by atoms with van der Waals surface area (Å²) in [7, 11) is 0. The molecule has 2 N–H and O–H groups in total. The molecule has 1 saturated heterocycles. The van der Waals surface area contributed by atoms with Crippen LogP contribution in [-0.4, -0.2) is 48.4 Å². The van der Waals surface area contributed by atoms with E-state index in [0.29, 0.717) is 30.9 Å². The summed E-state index contributed by atoms with van der Waals surface area (Å²) >= 11 is 6.12. The number of halogens is 2. The molecule has 30 heavy (non-hydrogen) atoms. The minimum absolute atomic E-state index is 0. The van der Waals surface area contributed by atoms with Crippen LogP contribution >= 0.6 is 35.6 Å². The number of benzene rings is 1. The van der Waals surface area contributed by atoms with E-state index in [9.17, 15) is 0 Å². The first kappa shape index (κ1) is 24.7. The molecule has 0 spiro atoms. The lowest BCUT2D eigenvalue weighted by molar-refractivity contribution is 0.0683. The molecule has 2 aromatic rings. The van der Waals surface area contributed by atoms with Crippen LogP contribution in [0.15, 0.2) is 33.8 Å². The van der Waals surface area contributed by atoms with Crippen molar-refractivity contribution in [3.63, 3.8) is 0 Å². The molecule has 0 radical (unpaired) electrons. The molecule has 1 aromatic carbocycles. The van der Waals surface area contributed by atoms with Gasteiger partial charge >= 0.3 is 0 Å². The number of guanidine groups is 1. The van der Waals surface area contributed by atoms with Gasteiger partial charge in [0.1, 0.15) is 12.6 Å². The Morgan fingerprint density at radius 1 is 1.43 bits per heavy atom. The van der Waals surface area contributed by atoms with E-state index >= 15 is 0 Å². The maximum Gasteiger partial charge on any atom is 0.248 e. The van der Waals surface area contributed by atoms with E-state index in [1.165, 1.54) is 0 Å². The van der Waals surface area contributed by atoms with Gasteiger partial charge in [-0.1, -0.05) is 22.8 Å². The van der Waals surface area contributed by atoms with Gasteiger partial charge in [0.15, 0.2) is 11.8 Å². The number of nitrogens with one attached hydrogen (secondary N) is 2. The minimum atomic E-state index is -0.191. The summed E-state index contributed by atoms with van der Waals surface area (Å²) in [5, 5.41) is 11.5. The van der Waals surface area contributed by atoms with E-state index < -0.39 is 0 Å². The average molecular weight is 549 g/mol. The Morgan fingerprint density at radius 3 is 3.00 bits per heavy atom. The summed E-state index contributed by atoms with van der Waals surface area (Å²) in [6.45, 7) is 9.43. The third-order valence-electron chi connectivity index (χ3n) is 4.68. The van der Waals surface area contributed by atoms with Gasteiger partial charge < -0.3 is 24.8 Å². The van der Waals surface area contributed by atoms with Crippen LogP contribution in [-0.2, 0) is 11.3 Å². The van der Waals surface area contributed by atoms with Crippen LogP contribution in [0, 0.1) is 0 Å². The second-order valence-electron chi connectivity index (χ2n) is 6.89. The molecule has 1 fully saturated rings. The van der Waals surface area contributed by atoms with E-state index in [1.807, 2.05) is 39.0 Å². The number of aromatic nitrogens is 2. The van der Waals surface area contributed by atoms with Crippen molar-refractivity contribution in [3.8, 4) is 0 Å². The van der Waals surface area contributed by atoms with E-state index in [0.717, 1.165) is 42.7 Å². The lowest BCUT2D eigenvalue weighted by Gasteiger charge is -2.20. The largest absolute Gasteiger partial charge is 0.371 e. The second kappa shape index (κ2) is 12.3. The van der Waals surface area contributed by atoms with Gasteiger partial charge in [0.05, 0.1) is 0 Å². The molecule has 0 bridgehead atoms. The van der Waals surface area contributed by atoms with E-state index in [1.54, 1.807) is 0 Å². The molecule has 1 aliphatic rings. The summed E-state index contributed by atoms with van der Waals surface area (Å²) in [5.41, 5.74) is 1.14. The predicted molar refractivity (Wildman–Crippen MR) is 130 cm³/mol. The summed E-state index contributed by atoms with van der Waals surface area (Å²) < 4.78 is 10.8. The third kappa shape index (κ3) is 6.98. The smallest absolute Gasteiger partial charge is 0.248 e. The Kier molecular flexibility index (Phi) is 10.1. The van der Waals surface area contributed by atoms with Crippen molar-refractivity contribution >= 4 is 47.2 Å². The van der Waals surface area contributed by atoms with Gasteiger partial charge in [-0.3, -0.25) is 0 Å². The van der Waals surface area contributed by atoms with Crippen molar-refractivity contribution in [2.24, 2.45) is 4.99 Å². The molecule has 2 heterocycles. The lowest BCUT2D eigenvalue weighted by Crippen LogP contribution is -2.44. The quantitative estimate of drug-likeness (QED) is 0.295. The molecular weight excluding hydrogens is 519 g/mol. The number of anilines is 1. The molecule has 8 nitrogen and oxygen atoms in total. The highest BCUT2D eigenvalue weighted by atomic mass is 127. The van der Waals surface area contributed by atoms with Gasteiger partial charge in [-0.15, -0.1) is 24.0 Å². The van der Waals surface area contributed by atoms with Crippen molar-refractivity contribution < 1.29 is 9.26 Å². The summed E-state index contributed by atoms with van der Waals surface area (Å²) in [5.74, 6) is 1.75. The molecule has 0 saturated carbocycles. The zero-order valence-corrected chi connectivity index (χ0v) is 20.7. The fourth-order valence-electron chi connectivity index (χ4n) is 3.27. The first-order chi connectivity index (χ1) is 14.1. The zero-order chi connectivity index (χ0) is 20.6. The Morgan fingerprint density at radius 2 is 2.27 bits per heavy atom. The average Bonchev–Trinajstić information content (AvgIpc) is 3.36. The van der Waals surface area contributed by atoms with Crippen molar-refractivity contribution in [2.45, 2.75) is 45.9 Å². The van der Waals surface area contributed by atoms with Crippen LogP contribution in [0.25, 0.3) is 0 Å². The van der Waals surface area contributed by atoms with Crippen molar-refractivity contribution in [2.75, 3.05) is 31.1 Å². The highest BCUT2D eigenvalue weighted by Gasteiger charge is 2.23. The first-order valence-electron chi connectivity index (χ1n) is 10.1. The van der Waals surface area contributed by atoms with Crippen molar-refractivity contribution in [1.82, 2.24) is 20.8 Å². The molecule has 10 heteroatoms. The Balaban J connectivity index is 0.00000320. The highest BCUT2D eigenvalue weighted by molar-refractivity contribution is 14.0. The molecular formula is C20H30ClIN6O2. The van der Waals surface area contributed by atoms with E-state index in [4.69, 9.17) is 20.9 Å². The van der Waals surface area contributed by atoms with Crippen LogP contribution in [0.5, 0.6) is 0 Å². The van der Waals surface area contributed by atoms with Crippen molar-refractivity contribution in [1.29, 1.82) is 0 Å². The molecule has 3 rings (SSSR count). The van der Waals surface area contributed by atoms with Gasteiger partial charge in [-0.2, -0.15) is 4.98 Å². The normalized spacial score (nSPS) is 17.5. The van der Waals surface area contributed by atoms with Crippen LogP contribution in [0.1, 0.15) is 45.0 Å². The van der Waals surface area contributed by atoms with Crippen LogP contribution < -0.4 is 15.5 Å². The number of hydrogen-bond donors (Lipinski definition) is 2. The van der Waals surface area contributed by atoms with Crippen LogP contribution in [0.4, 0.5) is 5.69 Å². The molecule has 0 aliphatic carbocycles. The minimum Gasteiger partial charge on any atom is -0.371 e. The topological polar surface area (TPSA) is 87.8 Å². The highest BCUT2D eigenvalue weighted by Crippen LogP contribution is 2.23. The number of rotatable bonds is 8. The molecule has 2 atom stereocenters. The number of hydrogen-bond acceptors (Lipinski definition) is 6. The molecule has 2 unspecified atom stereocenters. The predicted octanol–water partition coefficient (Wildman–Crippen LogP) is 3.77. The van der Waals surface area contributed by atoms with Gasteiger partial charge in [0.2, 0.25) is 5.89 Å². The molecule has 0 amide bonds. The molecule has 1 aromatic heterocycles. The number of nitrogens with zero attached hydrogens (tertiary/aromatic N) is 4. The van der Waals surface area contributed by atoms with Crippen molar-refractivity contribution in [3.05, 3.63) is 41.0 Å². The Labute approximate surface area is 199 Å². The van der Waals surface area contributed by atoms with Gasteiger partial charge in [-0.25, -0.2) is 4.99 Å². The SMILES string of the molecule is CCNC(=NCc1nc(C(C)OCC)no1)NC1CCN(c2cccc(Cl)c2)C1.I. The molecule has 166 valence electrons. The first-order valence-corrected chi connectivity index (χ1v) is 10.5. The van der Waals surface area contributed by atoms with E-state index in [2.05, 4.69) is 36.7 Å². The fourth-order valence-corrected chi connectivity index (χ4v) is 3.45. The van der Waals surface area contributed by atoms with Crippen LogP contribution in [0.3, 0.4) is 0 Å². The maximum atomic E-state index is 6.12. The number of ether oxygens (including phenoxy) is 1. The Bertz CT molecular complexity index is 818. The Hall–Kier alpha value is -1.59. The lowest BCUT2D eigenvalue weighted by atomic mass is 10.3. The standard InChI is InChI=1S/C20H29ClN6O2.HI/c1-4-22-20(23-12-18-25-19(26-29-18)14(3)28-5-2)24-16-9-10-27(13-16)17-8-6-7-15(21)11-17;/h6-8,11,14,16H,4-5,9-10,12-13H2,1-3H3,(H2,22,23,24);1H. The summed E-state index contributed by atoms with van der Waals surface area (Å²) in [6, 6.07) is 8.26. The van der Waals surface area contributed by atoms with Crippen LogP contribution in [0.2, 0.25) is 5.02 Å². The van der Waals surface area contributed by atoms with Gasteiger partial charge in [0.25, 0.3) is 0 Å². The second-order valence-corrected chi connectivity index (χ2v) is 7.33. The third-order valence-corrected chi connectivity index (χ3v) is 4.92. The monoisotopic (exact) mass is 548 g/mol. The van der Waals surface area contributed by atoms with E-state index in [-0.39, 0.29) is 30.1 Å². The maximum absolute atomic E-state index is 6.12. The van der Waals surface area contributed by atoms with Gasteiger partial charge in [-0.05, 0) is 45.4 Å². The zero-order valence-electron chi connectivity index (χ0n) is 17.6. The fraction of sp³-hybridized carbons (Fsp3) is 0.550. The molecule has 1 aliphatic heterocycles. The summed E-state index contributed by atoms with van der Waals surface area (Å²) in [6.07, 6.45) is 0.830. The van der Waals surface area contributed by atoms with Gasteiger partial charge in [0, 0.05) is 43.0 Å². The number of aliphatic imine (C=N–C) groups is 1.